The monoisotopic (exact) mass is 261 g/mol. The Morgan fingerprint density at radius 1 is 1.32 bits per heavy atom. The zero-order valence-corrected chi connectivity index (χ0v) is 11.7. The molecule has 0 bridgehead atoms. The third kappa shape index (κ3) is 3.78. The molecule has 2 rings (SSSR count). The third-order valence-electron chi connectivity index (χ3n) is 3.56. The van der Waals surface area contributed by atoms with Crippen molar-refractivity contribution in [1.82, 2.24) is 15.8 Å². The minimum Gasteiger partial charge on any atom is -0.340 e. The Kier molecular flexibility index (Phi) is 4.93. The van der Waals surface area contributed by atoms with Crippen molar-refractivity contribution >= 4 is 5.91 Å². The molecule has 2 atom stereocenters. The lowest BCUT2D eigenvalue weighted by atomic mass is 10.1. The van der Waals surface area contributed by atoms with E-state index in [-0.39, 0.29) is 11.9 Å². The summed E-state index contributed by atoms with van der Waals surface area (Å²) in [6.45, 7) is 2.83. The van der Waals surface area contributed by atoms with Gasteiger partial charge in [-0.15, -0.1) is 0 Å². The van der Waals surface area contributed by atoms with Gasteiger partial charge in [0.1, 0.15) is 6.04 Å². The molecule has 1 amide bonds. The van der Waals surface area contributed by atoms with Crippen LogP contribution in [-0.4, -0.2) is 29.9 Å². The first-order valence-electron chi connectivity index (χ1n) is 7.00. The fraction of sp³-hybridized carbons (Fsp3) is 0.533. The van der Waals surface area contributed by atoms with Gasteiger partial charge in [-0.05, 0) is 18.4 Å². The standard InChI is InChI=1S/C15H23N3O/c1-3-7-13-10-14(17-16-13)15(19)18(2)11-12-8-5-4-6-9-12/h4-6,8-9,13-14,16-17H,3,7,10-11H2,1-2H3. The highest BCUT2D eigenvalue weighted by Gasteiger charge is 2.30. The molecule has 4 nitrogen and oxygen atoms in total. The molecule has 0 saturated carbocycles. The molecule has 1 aliphatic rings. The molecule has 19 heavy (non-hydrogen) atoms. The second-order valence-corrected chi connectivity index (χ2v) is 5.24. The van der Waals surface area contributed by atoms with Gasteiger partial charge in [-0.1, -0.05) is 43.7 Å². The van der Waals surface area contributed by atoms with Crippen LogP contribution in [-0.2, 0) is 11.3 Å². The van der Waals surface area contributed by atoms with Crippen LogP contribution in [0.5, 0.6) is 0 Å². The fourth-order valence-corrected chi connectivity index (χ4v) is 2.52. The van der Waals surface area contributed by atoms with Crippen molar-refractivity contribution in [2.45, 2.75) is 44.8 Å². The molecule has 0 radical (unpaired) electrons. The molecule has 1 fully saturated rings. The molecule has 1 saturated heterocycles. The smallest absolute Gasteiger partial charge is 0.241 e. The third-order valence-corrected chi connectivity index (χ3v) is 3.56. The normalized spacial score (nSPS) is 22.4. The SMILES string of the molecule is CCCC1CC(C(=O)N(C)Cc2ccccc2)NN1. The number of likely N-dealkylation sites (N-methyl/N-ethyl adjacent to an activating group) is 1. The molecule has 0 aromatic heterocycles. The first kappa shape index (κ1) is 14.0. The maximum absolute atomic E-state index is 12.3. The average Bonchev–Trinajstić information content (AvgIpc) is 2.88. The van der Waals surface area contributed by atoms with Gasteiger partial charge in [0, 0.05) is 19.6 Å². The van der Waals surface area contributed by atoms with Crippen LogP contribution in [0.25, 0.3) is 0 Å². The maximum atomic E-state index is 12.3. The van der Waals surface area contributed by atoms with Gasteiger partial charge in [0.05, 0.1) is 0 Å². The summed E-state index contributed by atoms with van der Waals surface area (Å²) in [6, 6.07) is 10.4. The molecule has 1 aliphatic heterocycles. The van der Waals surface area contributed by atoms with Gasteiger partial charge >= 0.3 is 0 Å². The number of hydrogen-bond acceptors (Lipinski definition) is 3. The van der Waals surface area contributed by atoms with E-state index in [1.807, 2.05) is 37.4 Å². The second kappa shape index (κ2) is 6.68. The Balaban J connectivity index is 1.86. The van der Waals surface area contributed by atoms with Gasteiger partial charge in [-0.3, -0.25) is 10.2 Å². The summed E-state index contributed by atoms with van der Waals surface area (Å²) in [7, 11) is 1.87. The highest BCUT2D eigenvalue weighted by Crippen LogP contribution is 2.13. The van der Waals surface area contributed by atoms with Crippen LogP contribution < -0.4 is 10.9 Å². The second-order valence-electron chi connectivity index (χ2n) is 5.24. The van der Waals surface area contributed by atoms with Crippen LogP contribution >= 0.6 is 0 Å². The summed E-state index contributed by atoms with van der Waals surface area (Å²) in [5.41, 5.74) is 7.49. The van der Waals surface area contributed by atoms with E-state index in [1.165, 1.54) is 0 Å². The van der Waals surface area contributed by atoms with Crippen molar-refractivity contribution in [3.05, 3.63) is 35.9 Å². The van der Waals surface area contributed by atoms with Gasteiger partial charge in [-0.2, -0.15) is 0 Å². The van der Waals surface area contributed by atoms with E-state index < -0.39 is 0 Å². The van der Waals surface area contributed by atoms with Gasteiger partial charge in [0.25, 0.3) is 0 Å². The Morgan fingerprint density at radius 3 is 2.74 bits per heavy atom. The predicted molar refractivity (Wildman–Crippen MR) is 76.3 cm³/mol. The van der Waals surface area contributed by atoms with Gasteiger partial charge in [-0.25, -0.2) is 5.43 Å². The maximum Gasteiger partial charge on any atom is 0.241 e. The molecule has 2 N–H and O–H groups in total. The highest BCUT2D eigenvalue weighted by molar-refractivity contribution is 5.81. The molecule has 1 aromatic rings. The largest absolute Gasteiger partial charge is 0.340 e. The van der Waals surface area contributed by atoms with Gasteiger partial charge in [0.15, 0.2) is 0 Å². The molecule has 104 valence electrons. The Bertz CT molecular complexity index is 407. The van der Waals surface area contributed by atoms with Crippen LogP contribution in [0.2, 0.25) is 0 Å². The molecule has 1 heterocycles. The molecule has 0 aliphatic carbocycles. The summed E-state index contributed by atoms with van der Waals surface area (Å²) in [6.07, 6.45) is 3.13. The number of rotatable bonds is 5. The minimum absolute atomic E-state index is 0.0923. The summed E-state index contributed by atoms with van der Waals surface area (Å²) in [4.78, 5) is 14.1. The van der Waals surface area contributed by atoms with Crippen LogP contribution in [0, 0.1) is 0 Å². The topological polar surface area (TPSA) is 44.4 Å². The summed E-state index contributed by atoms with van der Waals surface area (Å²) < 4.78 is 0. The molecule has 0 spiro atoms. The van der Waals surface area contributed by atoms with Crippen LogP contribution in [0.4, 0.5) is 0 Å². The molecule has 2 unspecified atom stereocenters. The van der Waals surface area contributed by atoms with Crippen molar-refractivity contribution in [2.24, 2.45) is 0 Å². The quantitative estimate of drug-likeness (QED) is 0.847. The zero-order valence-electron chi connectivity index (χ0n) is 11.7. The van der Waals surface area contributed by atoms with Crippen molar-refractivity contribution in [3.63, 3.8) is 0 Å². The van der Waals surface area contributed by atoms with E-state index in [0.717, 1.165) is 24.8 Å². The van der Waals surface area contributed by atoms with Gasteiger partial charge < -0.3 is 4.90 Å². The number of carbonyl (C=O) groups excluding carboxylic acids is 1. The lowest BCUT2D eigenvalue weighted by Crippen LogP contribution is -2.43. The minimum atomic E-state index is -0.0923. The Labute approximate surface area is 115 Å². The zero-order chi connectivity index (χ0) is 13.7. The highest BCUT2D eigenvalue weighted by atomic mass is 16.2. The summed E-state index contributed by atoms with van der Waals surface area (Å²) >= 11 is 0. The van der Waals surface area contributed by atoms with Gasteiger partial charge in [0.2, 0.25) is 5.91 Å². The first-order chi connectivity index (χ1) is 9.20. The lowest BCUT2D eigenvalue weighted by molar-refractivity contribution is -0.132. The number of hydrogen-bond donors (Lipinski definition) is 2. The Morgan fingerprint density at radius 2 is 2.05 bits per heavy atom. The number of amides is 1. The fourth-order valence-electron chi connectivity index (χ4n) is 2.52. The number of benzene rings is 1. The lowest BCUT2D eigenvalue weighted by Gasteiger charge is -2.20. The first-order valence-corrected chi connectivity index (χ1v) is 7.00. The van der Waals surface area contributed by atoms with Crippen molar-refractivity contribution in [2.75, 3.05) is 7.05 Å². The van der Waals surface area contributed by atoms with E-state index in [0.29, 0.717) is 12.6 Å². The van der Waals surface area contributed by atoms with E-state index in [2.05, 4.69) is 17.8 Å². The molecule has 4 heteroatoms. The van der Waals surface area contributed by atoms with E-state index in [4.69, 9.17) is 0 Å². The average molecular weight is 261 g/mol. The number of hydrazine groups is 1. The number of carbonyl (C=O) groups is 1. The molecular formula is C15H23N3O. The van der Waals surface area contributed by atoms with Crippen molar-refractivity contribution in [1.29, 1.82) is 0 Å². The van der Waals surface area contributed by atoms with E-state index >= 15 is 0 Å². The Hall–Kier alpha value is -1.39. The predicted octanol–water partition coefficient (Wildman–Crippen LogP) is 1.68. The summed E-state index contributed by atoms with van der Waals surface area (Å²) in [5, 5.41) is 0. The van der Waals surface area contributed by atoms with Crippen molar-refractivity contribution in [3.8, 4) is 0 Å². The van der Waals surface area contributed by atoms with Crippen LogP contribution in [0.1, 0.15) is 31.7 Å². The number of nitrogens with one attached hydrogen (secondary N) is 2. The van der Waals surface area contributed by atoms with Crippen LogP contribution in [0.15, 0.2) is 30.3 Å². The molecule has 1 aromatic carbocycles. The van der Waals surface area contributed by atoms with Crippen LogP contribution in [0.3, 0.4) is 0 Å². The summed E-state index contributed by atoms with van der Waals surface area (Å²) in [5.74, 6) is 0.162. The number of nitrogens with zero attached hydrogens (tertiary/aromatic N) is 1. The van der Waals surface area contributed by atoms with Crippen molar-refractivity contribution < 1.29 is 4.79 Å². The van der Waals surface area contributed by atoms with E-state index in [1.54, 1.807) is 4.90 Å². The molecular weight excluding hydrogens is 238 g/mol. The van der Waals surface area contributed by atoms with E-state index in [9.17, 15) is 4.79 Å².